The molecule has 1 spiro atoms. The lowest BCUT2D eigenvalue weighted by Crippen LogP contribution is -2.45. The van der Waals surface area contributed by atoms with Gasteiger partial charge in [-0.3, -0.25) is 10.1 Å². The number of carbonyl (C=O) groups is 1. The molecule has 1 aliphatic heterocycles. The minimum absolute atomic E-state index is 0.133. The van der Waals surface area contributed by atoms with Crippen molar-refractivity contribution in [2.75, 3.05) is 0 Å². The molecule has 1 aliphatic carbocycles. The maximum absolute atomic E-state index is 13.2. The van der Waals surface area contributed by atoms with Crippen LogP contribution < -0.4 is 5.32 Å². The van der Waals surface area contributed by atoms with Gasteiger partial charge >= 0.3 is 0 Å². The Morgan fingerprint density at radius 2 is 1.95 bits per heavy atom. The van der Waals surface area contributed by atoms with Gasteiger partial charge in [-0.25, -0.2) is 4.39 Å². The average molecular weight is 290 g/mol. The average Bonchev–Trinajstić information content (AvgIpc) is 3.07. The lowest BCUT2D eigenvalue weighted by molar-refractivity contribution is -0.135. The molecular weight excluding hydrogens is 267 g/mol. The Morgan fingerprint density at radius 3 is 2.52 bits per heavy atom. The maximum atomic E-state index is 13.2. The van der Waals surface area contributed by atoms with Crippen LogP contribution in [0.25, 0.3) is 0 Å². The molecule has 0 radical (unpaired) electrons. The van der Waals surface area contributed by atoms with Crippen molar-refractivity contribution >= 4 is 5.91 Å². The summed E-state index contributed by atoms with van der Waals surface area (Å²) in [4.78, 5) is 14.9. The summed E-state index contributed by atoms with van der Waals surface area (Å²) in [5.41, 5.74) is 0.580. The van der Waals surface area contributed by atoms with E-state index in [4.69, 9.17) is 0 Å². The van der Waals surface area contributed by atoms with E-state index in [1.54, 1.807) is 12.1 Å². The fourth-order valence-electron chi connectivity index (χ4n) is 3.63. The Bertz CT molecular complexity index is 522. The minimum atomic E-state index is -0.386. The van der Waals surface area contributed by atoms with Gasteiger partial charge in [0.05, 0.1) is 5.54 Å². The largest absolute Gasteiger partial charge is 0.319 e. The summed E-state index contributed by atoms with van der Waals surface area (Å²) in [5.74, 6) is -0.0163. The van der Waals surface area contributed by atoms with Gasteiger partial charge in [-0.05, 0) is 43.9 Å². The lowest BCUT2D eigenvalue weighted by Gasteiger charge is -2.30. The third kappa shape index (κ3) is 2.35. The Labute approximate surface area is 125 Å². The van der Waals surface area contributed by atoms with E-state index in [1.807, 2.05) is 4.90 Å². The lowest BCUT2D eigenvalue weighted by atomic mass is 9.97. The highest BCUT2D eigenvalue weighted by atomic mass is 19.1. The molecule has 1 aromatic rings. The van der Waals surface area contributed by atoms with E-state index in [9.17, 15) is 9.18 Å². The highest BCUT2D eigenvalue weighted by molar-refractivity contribution is 5.89. The van der Waals surface area contributed by atoms with Crippen molar-refractivity contribution in [1.82, 2.24) is 10.2 Å². The van der Waals surface area contributed by atoms with Crippen LogP contribution in [0.1, 0.15) is 57.7 Å². The van der Waals surface area contributed by atoms with E-state index >= 15 is 0 Å². The second kappa shape index (κ2) is 5.41. The fraction of sp³-hybridized carbons (Fsp3) is 0.588. The highest BCUT2D eigenvalue weighted by Gasteiger charge is 2.53. The van der Waals surface area contributed by atoms with Crippen molar-refractivity contribution in [2.24, 2.45) is 0 Å². The Balaban J connectivity index is 1.96. The summed E-state index contributed by atoms with van der Waals surface area (Å²) in [7, 11) is 0. The number of carbonyl (C=O) groups excluding carboxylic acids is 1. The summed E-state index contributed by atoms with van der Waals surface area (Å²) in [5, 5.41) is 3.57. The first-order valence-electron chi connectivity index (χ1n) is 7.93. The number of benzene rings is 1. The zero-order valence-corrected chi connectivity index (χ0v) is 12.7. The molecule has 2 fully saturated rings. The highest BCUT2D eigenvalue weighted by Crippen LogP contribution is 2.42. The number of hydrogen-bond acceptors (Lipinski definition) is 2. The molecule has 1 N–H and O–H groups in total. The zero-order chi connectivity index (χ0) is 15.0. The Kier molecular flexibility index (Phi) is 3.74. The van der Waals surface area contributed by atoms with Crippen LogP contribution in [-0.4, -0.2) is 22.4 Å². The summed E-state index contributed by atoms with van der Waals surface area (Å²) in [6.45, 7) is 4.18. The number of nitrogens with one attached hydrogen (secondary N) is 1. The van der Waals surface area contributed by atoms with Crippen molar-refractivity contribution in [3.05, 3.63) is 35.6 Å². The molecule has 4 heteroatoms. The van der Waals surface area contributed by atoms with E-state index in [0.717, 1.165) is 37.7 Å². The number of halogens is 1. The van der Waals surface area contributed by atoms with Crippen LogP contribution in [-0.2, 0) is 4.79 Å². The first-order valence-corrected chi connectivity index (χ1v) is 7.93. The second-order valence-electron chi connectivity index (χ2n) is 6.36. The molecule has 0 bridgehead atoms. The number of rotatable bonds is 3. The van der Waals surface area contributed by atoms with Crippen LogP contribution in [0, 0.1) is 5.82 Å². The summed E-state index contributed by atoms with van der Waals surface area (Å²) < 4.78 is 13.2. The predicted octanol–water partition coefficient (Wildman–Crippen LogP) is 3.37. The quantitative estimate of drug-likeness (QED) is 0.925. The third-order valence-corrected chi connectivity index (χ3v) is 5.04. The minimum Gasteiger partial charge on any atom is -0.319 e. The van der Waals surface area contributed by atoms with Gasteiger partial charge in [-0.1, -0.05) is 31.9 Å². The van der Waals surface area contributed by atoms with Crippen molar-refractivity contribution in [2.45, 2.75) is 63.7 Å². The molecule has 114 valence electrons. The molecule has 3 rings (SSSR count). The number of amides is 1. The van der Waals surface area contributed by atoms with E-state index in [-0.39, 0.29) is 29.5 Å². The predicted molar refractivity (Wildman–Crippen MR) is 80.1 cm³/mol. The van der Waals surface area contributed by atoms with Crippen molar-refractivity contribution < 1.29 is 9.18 Å². The number of hydrogen-bond donors (Lipinski definition) is 1. The zero-order valence-electron chi connectivity index (χ0n) is 12.7. The molecule has 1 amide bonds. The standard InChI is InChI=1S/C17H23FN2O/c1-3-12(2)20-15(13-6-8-14(18)9-7-13)19-17(16(20)21)10-4-5-11-17/h6-9,12,15,19H,3-5,10-11H2,1-2H3. The fourth-order valence-corrected chi connectivity index (χ4v) is 3.63. The van der Waals surface area contributed by atoms with Crippen molar-refractivity contribution in [3.8, 4) is 0 Å². The van der Waals surface area contributed by atoms with Crippen LogP contribution in [0.3, 0.4) is 0 Å². The van der Waals surface area contributed by atoms with Gasteiger partial charge < -0.3 is 4.90 Å². The van der Waals surface area contributed by atoms with Gasteiger partial charge in [0.25, 0.3) is 0 Å². The normalized spacial score (nSPS) is 25.8. The molecule has 2 aliphatic rings. The van der Waals surface area contributed by atoms with Gasteiger partial charge in [-0.15, -0.1) is 0 Å². The summed E-state index contributed by atoms with van der Waals surface area (Å²) >= 11 is 0. The first-order chi connectivity index (χ1) is 10.1. The van der Waals surface area contributed by atoms with E-state index < -0.39 is 0 Å². The van der Waals surface area contributed by atoms with Gasteiger partial charge in [0.1, 0.15) is 12.0 Å². The molecular formula is C17H23FN2O. The van der Waals surface area contributed by atoms with Crippen LogP contribution in [0.5, 0.6) is 0 Å². The van der Waals surface area contributed by atoms with Gasteiger partial charge in [0, 0.05) is 6.04 Å². The van der Waals surface area contributed by atoms with Crippen LogP contribution in [0.15, 0.2) is 24.3 Å². The van der Waals surface area contributed by atoms with Crippen LogP contribution in [0.4, 0.5) is 4.39 Å². The molecule has 2 atom stereocenters. The van der Waals surface area contributed by atoms with Gasteiger partial charge in [-0.2, -0.15) is 0 Å². The molecule has 1 saturated carbocycles. The second-order valence-corrected chi connectivity index (χ2v) is 6.36. The first kappa shape index (κ1) is 14.5. The molecule has 1 saturated heterocycles. The Hall–Kier alpha value is -1.42. The van der Waals surface area contributed by atoms with Gasteiger partial charge in [0.15, 0.2) is 0 Å². The summed E-state index contributed by atoms with van der Waals surface area (Å²) in [6.07, 6.45) is 4.81. The number of nitrogens with zero attached hydrogens (tertiary/aromatic N) is 1. The van der Waals surface area contributed by atoms with E-state index in [1.165, 1.54) is 12.1 Å². The van der Waals surface area contributed by atoms with Crippen molar-refractivity contribution in [3.63, 3.8) is 0 Å². The van der Waals surface area contributed by atoms with E-state index in [0.29, 0.717) is 0 Å². The van der Waals surface area contributed by atoms with E-state index in [2.05, 4.69) is 19.2 Å². The molecule has 3 nitrogen and oxygen atoms in total. The Morgan fingerprint density at radius 1 is 1.33 bits per heavy atom. The van der Waals surface area contributed by atoms with Gasteiger partial charge in [0.2, 0.25) is 5.91 Å². The van der Waals surface area contributed by atoms with Crippen LogP contribution >= 0.6 is 0 Å². The monoisotopic (exact) mass is 290 g/mol. The SMILES string of the molecule is CCC(C)N1C(=O)C2(CCCC2)NC1c1ccc(F)cc1. The van der Waals surface area contributed by atoms with Crippen LogP contribution in [0.2, 0.25) is 0 Å². The third-order valence-electron chi connectivity index (χ3n) is 5.04. The molecule has 1 aromatic carbocycles. The maximum Gasteiger partial charge on any atom is 0.244 e. The summed E-state index contributed by atoms with van der Waals surface area (Å²) in [6, 6.07) is 6.68. The topological polar surface area (TPSA) is 32.3 Å². The molecule has 1 heterocycles. The van der Waals surface area contributed by atoms with Crippen molar-refractivity contribution in [1.29, 1.82) is 0 Å². The molecule has 2 unspecified atom stereocenters. The molecule has 21 heavy (non-hydrogen) atoms. The molecule has 0 aromatic heterocycles. The smallest absolute Gasteiger partial charge is 0.244 e.